The molecule has 124 valence electrons. The summed E-state index contributed by atoms with van der Waals surface area (Å²) in [5.41, 5.74) is -0.272. The summed E-state index contributed by atoms with van der Waals surface area (Å²) in [6.07, 6.45) is -4.97. The van der Waals surface area contributed by atoms with E-state index in [9.17, 15) is 22.8 Å². The molecule has 0 saturated heterocycles. The van der Waals surface area contributed by atoms with E-state index >= 15 is 0 Å². The number of aliphatic carboxylic acids is 1. The van der Waals surface area contributed by atoms with Crippen LogP contribution in [0.3, 0.4) is 0 Å². The molecule has 0 aliphatic carbocycles. The molecule has 0 unspecified atom stereocenters. The second-order valence-corrected chi connectivity index (χ2v) is 5.02. The van der Waals surface area contributed by atoms with Crippen LogP contribution < -0.4 is 10.2 Å². The molecule has 2 aromatic carbocycles. The van der Waals surface area contributed by atoms with E-state index < -0.39 is 30.1 Å². The fraction of sp³-hybridized carbons (Fsp3) is 0.125. The molecule has 0 radical (unpaired) electrons. The molecule has 1 aromatic heterocycles. The number of carboxylic acids is 1. The van der Waals surface area contributed by atoms with Crippen molar-refractivity contribution in [3.05, 3.63) is 52.7 Å². The molecule has 3 rings (SSSR count). The Kier molecular flexibility index (Phi) is 3.67. The first-order valence-electron chi connectivity index (χ1n) is 6.80. The Hall–Kier alpha value is -3.03. The lowest BCUT2D eigenvalue weighted by molar-refractivity contribution is -0.274. The van der Waals surface area contributed by atoms with Gasteiger partial charge in [-0.15, -0.1) is 13.2 Å². The van der Waals surface area contributed by atoms with E-state index in [4.69, 9.17) is 5.11 Å². The van der Waals surface area contributed by atoms with E-state index in [0.717, 1.165) is 6.07 Å². The quantitative estimate of drug-likeness (QED) is 0.746. The Morgan fingerprint density at radius 3 is 2.42 bits per heavy atom. The topological polar surface area (TPSA) is 68.5 Å². The van der Waals surface area contributed by atoms with Crippen LogP contribution in [0.2, 0.25) is 0 Å². The number of rotatable bonds is 3. The van der Waals surface area contributed by atoms with Crippen molar-refractivity contribution >= 4 is 27.8 Å². The zero-order chi connectivity index (χ0) is 17.5. The normalized spacial score (nSPS) is 11.8. The summed E-state index contributed by atoms with van der Waals surface area (Å²) < 4.78 is 43.0. The molecule has 8 heteroatoms. The molecule has 5 nitrogen and oxygen atoms in total. The summed E-state index contributed by atoms with van der Waals surface area (Å²) in [6.45, 7) is -0.507. The van der Waals surface area contributed by atoms with Crippen molar-refractivity contribution < 1.29 is 27.8 Å². The number of para-hydroxylation sites is 1. The largest absolute Gasteiger partial charge is 0.573 e. The monoisotopic (exact) mass is 337 g/mol. The van der Waals surface area contributed by atoms with Crippen LogP contribution in [0.5, 0.6) is 5.75 Å². The van der Waals surface area contributed by atoms with Crippen molar-refractivity contribution in [2.75, 3.05) is 0 Å². The fourth-order valence-electron chi connectivity index (χ4n) is 2.65. The lowest BCUT2D eigenvalue weighted by Crippen LogP contribution is -2.20. The molecular formula is C16H10F3NO4. The van der Waals surface area contributed by atoms with Crippen LogP contribution in [0.4, 0.5) is 13.2 Å². The van der Waals surface area contributed by atoms with Gasteiger partial charge in [-0.2, -0.15) is 0 Å². The number of carboxylic acid groups (broad SMARTS) is 1. The van der Waals surface area contributed by atoms with Crippen LogP contribution in [0.25, 0.3) is 21.8 Å². The summed E-state index contributed by atoms with van der Waals surface area (Å²) in [5, 5.41) is 8.91. The van der Waals surface area contributed by atoms with Gasteiger partial charge >= 0.3 is 12.3 Å². The van der Waals surface area contributed by atoms with E-state index in [0.29, 0.717) is 5.52 Å². The van der Waals surface area contributed by atoms with Gasteiger partial charge in [0, 0.05) is 5.39 Å². The summed E-state index contributed by atoms with van der Waals surface area (Å²) in [7, 11) is 0. The van der Waals surface area contributed by atoms with Gasteiger partial charge in [-0.25, -0.2) is 0 Å². The first-order valence-corrected chi connectivity index (χ1v) is 6.80. The lowest BCUT2D eigenvalue weighted by atomic mass is 10.1. The molecular weight excluding hydrogens is 327 g/mol. The minimum atomic E-state index is -4.97. The van der Waals surface area contributed by atoms with Crippen molar-refractivity contribution in [2.45, 2.75) is 12.9 Å². The van der Waals surface area contributed by atoms with Crippen LogP contribution in [0, 0.1) is 0 Å². The van der Waals surface area contributed by atoms with E-state index in [2.05, 4.69) is 4.74 Å². The standard InChI is InChI=1S/C16H10F3NO4/c17-16(18,19)24-12-7-3-6-11-14(12)15(23)9-4-1-2-5-10(9)20(11)8-13(21)22/h1-7H,8H2,(H,21,22). The van der Waals surface area contributed by atoms with Crippen LogP contribution in [-0.4, -0.2) is 22.0 Å². The summed E-state index contributed by atoms with van der Waals surface area (Å²) in [6, 6.07) is 9.81. The maximum absolute atomic E-state index is 12.6. The van der Waals surface area contributed by atoms with Gasteiger partial charge in [0.2, 0.25) is 5.43 Å². The van der Waals surface area contributed by atoms with Crippen LogP contribution in [0.1, 0.15) is 0 Å². The maximum Gasteiger partial charge on any atom is 0.573 e. The highest BCUT2D eigenvalue weighted by Gasteiger charge is 2.32. The second kappa shape index (κ2) is 5.55. The van der Waals surface area contributed by atoms with Crippen LogP contribution >= 0.6 is 0 Å². The second-order valence-electron chi connectivity index (χ2n) is 5.02. The van der Waals surface area contributed by atoms with Crippen LogP contribution in [0.15, 0.2) is 47.3 Å². The van der Waals surface area contributed by atoms with Gasteiger partial charge < -0.3 is 14.4 Å². The van der Waals surface area contributed by atoms with E-state index in [-0.39, 0.29) is 16.3 Å². The summed E-state index contributed by atoms with van der Waals surface area (Å²) in [4.78, 5) is 23.8. The van der Waals surface area contributed by atoms with Gasteiger partial charge in [-0.1, -0.05) is 18.2 Å². The third-order valence-electron chi connectivity index (χ3n) is 3.48. The minimum absolute atomic E-state index is 0.0582. The number of aromatic nitrogens is 1. The maximum atomic E-state index is 12.6. The van der Waals surface area contributed by atoms with Crippen molar-refractivity contribution in [1.82, 2.24) is 4.57 Å². The molecule has 24 heavy (non-hydrogen) atoms. The Balaban J connectivity index is 2.46. The Morgan fingerprint density at radius 2 is 1.75 bits per heavy atom. The van der Waals surface area contributed by atoms with Gasteiger partial charge in [0.25, 0.3) is 0 Å². The van der Waals surface area contributed by atoms with Crippen molar-refractivity contribution in [3.63, 3.8) is 0 Å². The number of alkyl halides is 3. The van der Waals surface area contributed by atoms with Gasteiger partial charge in [0.05, 0.1) is 16.4 Å². The number of halogens is 3. The van der Waals surface area contributed by atoms with Crippen molar-refractivity contribution in [1.29, 1.82) is 0 Å². The van der Waals surface area contributed by atoms with E-state index in [1.54, 1.807) is 12.1 Å². The molecule has 0 bridgehead atoms. The third kappa shape index (κ3) is 2.78. The predicted octanol–water partition coefficient (Wildman–Crippen LogP) is 3.14. The van der Waals surface area contributed by atoms with E-state index in [1.165, 1.54) is 28.8 Å². The molecule has 0 aliphatic heterocycles. The first kappa shape index (κ1) is 15.9. The average Bonchev–Trinajstić information content (AvgIpc) is 2.49. The number of ether oxygens (including phenoxy) is 1. The summed E-state index contributed by atoms with van der Waals surface area (Å²) in [5.74, 6) is -1.85. The Morgan fingerprint density at radius 1 is 1.08 bits per heavy atom. The molecule has 0 aliphatic rings. The number of hydrogen-bond acceptors (Lipinski definition) is 3. The Bertz CT molecular complexity index is 1010. The molecule has 0 fully saturated rings. The van der Waals surface area contributed by atoms with Crippen molar-refractivity contribution in [2.24, 2.45) is 0 Å². The fourth-order valence-corrected chi connectivity index (χ4v) is 2.65. The van der Waals surface area contributed by atoms with Gasteiger partial charge in [0.1, 0.15) is 12.3 Å². The molecule has 3 aromatic rings. The first-order chi connectivity index (χ1) is 11.3. The molecule has 0 spiro atoms. The van der Waals surface area contributed by atoms with Gasteiger partial charge in [-0.3, -0.25) is 9.59 Å². The zero-order valence-corrected chi connectivity index (χ0v) is 12.0. The number of nitrogens with zero attached hydrogens (tertiary/aromatic N) is 1. The number of benzene rings is 2. The zero-order valence-electron chi connectivity index (χ0n) is 12.0. The number of fused-ring (bicyclic) bond motifs is 2. The summed E-state index contributed by atoms with van der Waals surface area (Å²) >= 11 is 0. The predicted molar refractivity (Wildman–Crippen MR) is 80.0 cm³/mol. The molecule has 0 amide bonds. The SMILES string of the molecule is O=C(O)Cn1c2ccccc2c(=O)c2c(OC(F)(F)F)cccc21. The van der Waals surface area contributed by atoms with Gasteiger partial charge in [0.15, 0.2) is 0 Å². The highest BCUT2D eigenvalue weighted by molar-refractivity contribution is 5.97. The molecule has 1 N–H and O–H groups in total. The van der Waals surface area contributed by atoms with E-state index in [1.807, 2.05) is 0 Å². The molecule has 0 saturated carbocycles. The lowest BCUT2D eigenvalue weighted by Gasteiger charge is -2.16. The highest BCUT2D eigenvalue weighted by atomic mass is 19.4. The van der Waals surface area contributed by atoms with Crippen LogP contribution in [-0.2, 0) is 11.3 Å². The average molecular weight is 337 g/mol. The highest BCUT2D eigenvalue weighted by Crippen LogP contribution is 2.30. The number of carbonyl (C=O) groups is 1. The van der Waals surface area contributed by atoms with Gasteiger partial charge in [-0.05, 0) is 24.3 Å². The number of pyridine rings is 1. The number of hydrogen-bond donors (Lipinski definition) is 1. The minimum Gasteiger partial charge on any atom is -0.480 e. The smallest absolute Gasteiger partial charge is 0.480 e. The van der Waals surface area contributed by atoms with Crippen molar-refractivity contribution in [3.8, 4) is 5.75 Å². The third-order valence-corrected chi connectivity index (χ3v) is 3.48. The molecule has 0 atom stereocenters. The Labute approximate surface area is 132 Å². The molecule has 1 heterocycles.